The van der Waals surface area contributed by atoms with Crippen LogP contribution in [0.15, 0.2) is 36.4 Å². The summed E-state index contributed by atoms with van der Waals surface area (Å²) in [4.78, 5) is 24.3. The van der Waals surface area contributed by atoms with Gasteiger partial charge in [0.2, 0.25) is 5.91 Å². The molecule has 0 radical (unpaired) electrons. The van der Waals surface area contributed by atoms with Gasteiger partial charge in [-0.25, -0.2) is 0 Å². The molecule has 0 spiro atoms. The highest BCUT2D eigenvalue weighted by Crippen LogP contribution is 2.22. The third-order valence-electron chi connectivity index (χ3n) is 4.23. The molecule has 0 aliphatic heterocycles. The van der Waals surface area contributed by atoms with Crippen LogP contribution in [0.25, 0.3) is 0 Å². The first-order valence-corrected chi connectivity index (χ1v) is 8.99. The largest absolute Gasteiger partial charge is 0.376 e. The lowest BCUT2D eigenvalue weighted by atomic mass is 10.1. The number of anilines is 2. The molecule has 1 aliphatic rings. The van der Waals surface area contributed by atoms with Crippen LogP contribution in [-0.4, -0.2) is 24.4 Å². The molecule has 2 aromatic rings. The van der Waals surface area contributed by atoms with Crippen molar-refractivity contribution in [2.75, 3.05) is 17.2 Å². The fraction of sp³-hybridized carbons (Fsp3) is 0.250. The highest BCUT2D eigenvalue weighted by molar-refractivity contribution is 6.32. The molecule has 0 bridgehead atoms. The Kier molecular flexibility index (Phi) is 5.63. The summed E-state index contributed by atoms with van der Waals surface area (Å²) >= 11 is 5.97. The average Bonchev–Trinajstić information content (AvgIpc) is 3.45. The Morgan fingerprint density at radius 1 is 1.22 bits per heavy atom. The molecule has 6 nitrogen and oxygen atoms in total. The van der Waals surface area contributed by atoms with Gasteiger partial charge in [0.1, 0.15) is 6.07 Å². The molecule has 3 rings (SSSR count). The standard InChI is InChI=1S/C20H19ClN4O2/c1-12-2-3-13(20(27)25-15-6-7-15)8-18(12)23-11-19(26)24-16-5-4-14(10-22)17(21)9-16/h2-5,8-9,15,23H,6-7,11H2,1H3,(H,24,26)(H,25,27). The van der Waals surface area contributed by atoms with Crippen molar-refractivity contribution in [3.63, 3.8) is 0 Å². The van der Waals surface area contributed by atoms with E-state index in [-0.39, 0.29) is 23.4 Å². The van der Waals surface area contributed by atoms with E-state index in [1.165, 1.54) is 6.07 Å². The zero-order chi connectivity index (χ0) is 19.4. The van der Waals surface area contributed by atoms with E-state index in [1.54, 1.807) is 24.3 Å². The van der Waals surface area contributed by atoms with Gasteiger partial charge < -0.3 is 16.0 Å². The van der Waals surface area contributed by atoms with Gasteiger partial charge in [0, 0.05) is 23.0 Å². The van der Waals surface area contributed by atoms with Gasteiger partial charge in [-0.15, -0.1) is 0 Å². The van der Waals surface area contributed by atoms with E-state index in [9.17, 15) is 9.59 Å². The molecular weight excluding hydrogens is 364 g/mol. The number of carbonyl (C=O) groups is 2. The van der Waals surface area contributed by atoms with Crippen LogP contribution in [-0.2, 0) is 4.79 Å². The number of amides is 2. The van der Waals surface area contributed by atoms with Crippen molar-refractivity contribution in [1.29, 1.82) is 5.26 Å². The number of nitrogens with one attached hydrogen (secondary N) is 3. The monoisotopic (exact) mass is 382 g/mol. The molecule has 0 unspecified atom stereocenters. The summed E-state index contributed by atoms with van der Waals surface area (Å²) < 4.78 is 0. The maximum absolute atomic E-state index is 12.2. The van der Waals surface area contributed by atoms with Crippen molar-refractivity contribution >= 4 is 34.8 Å². The van der Waals surface area contributed by atoms with E-state index in [0.29, 0.717) is 22.9 Å². The molecule has 7 heteroatoms. The van der Waals surface area contributed by atoms with Gasteiger partial charge in [-0.2, -0.15) is 5.26 Å². The van der Waals surface area contributed by atoms with Crippen molar-refractivity contribution in [3.05, 3.63) is 58.1 Å². The second-order valence-corrected chi connectivity index (χ2v) is 6.89. The second-order valence-electron chi connectivity index (χ2n) is 6.49. The zero-order valence-electron chi connectivity index (χ0n) is 14.8. The van der Waals surface area contributed by atoms with Crippen LogP contribution in [0.5, 0.6) is 0 Å². The van der Waals surface area contributed by atoms with Crippen LogP contribution in [0.2, 0.25) is 5.02 Å². The first-order valence-electron chi connectivity index (χ1n) is 8.61. The van der Waals surface area contributed by atoms with Crippen molar-refractivity contribution in [3.8, 4) is 6.07 Å². The Morgan fingerprint density at radius 2 is 2.00 bits per heavy atom. The molecule has 0 atom stereocenters. The van der Waals surface area contributed by atoms with Gasteiger partial charge in [-0.3, -0.25) is 9.59 Å². The molecule has 2 amide bonds. The molecule has 138 valence electrons. The minimum absolute atomic E-state index is 0.0339. The SMILES string of the molecule is Cc1ccc(C(=O)NC2CC2)cc1NCC(=O)Nc1ccc(C#N)c(Cl)c1. The van der Waals surface area contributed by atoms with E-state index in [1.807, 2.05) is 19.1 Å². The first kappa shape index (κ1) is 18.7. The van der Waals surface area contributed by atoms with Crippen molar-refractivity contribution in [2.24, 2.45) is 0 Å². The van der Waals surface area contributed by atoms with Crippen molar-refractivity contribution in [1.82, 2.24) is 5.32 Å². The molecule has 1 saturated carbocycles. The fourth-order valence-electron chi connectivity index (χ4n) is 2.51. The number of halogens is 1. The summed E-state index contributed by atoms with van der Waals surface area (Å²) in [6.45, 7) is 1.94. The summed E-state index contributed by atoms with van der Waals surface area (Å²) in [5, 5.41) is 17.9. The topological polar surface area (TPSA) is 94.0 Å². The number of benzene rings is 2. The van der Waals surface area contributed by atoms with E-state index < -0.39 is 0 Å². The van der Waals surface area contributed by atoms with Gasteiger partial charge in [-0.05, 0) is 55.7 Å². The third kappa shape index (κ3) is 4.99. The number of nitrogens with zero attached hydrogens (tertiary/aromatic N) is 1. The van der Waals surface area contributed by atoms with E-state index >= 15 is 0 Å². The van der Waals surface area contributed by atoms with Gasteiger partial charge in [0.25, 0.3) is 5.91 Å². The second kappa shape index (κ2) is 8.11. The van der Waals surface area contributed by atoms with Crippen molar-refractivity contribution in [2.45, 2.75) is 25.8 Å². The molecule has 1 fully saturated rings. The molecular formula is C20H19ClN4O2. The normalized spacial score (nSPS) is 12.8. The molecule has 3 N–H and O–H groups in total. The zero-order valence-corrected chi connectivity index (χ0v) is 15.6. The van der Waals surface area contributed by atoms with Crippen molar-refractivity contribution < 1.29 is 9.59 Å². The van der Waals surface area contributed by atoms with Crippen LogP contribution >= 0.6 is 11.6 Å². The number of hydrogen-bond acceptors (Lipinski definition) is 4. The van der Waals surface area contributed by atoms with E-state index in [0.717, 1.165) is 24.1 Å². The minimum Gasteiger partial charge on any atom is -0.376 e. The van der Waals surface area contributed by atoms with Gasteiger partial charge in [0.05, 0.1) is 17.1 Å². The summed E-state index contributed by atoms with van der Waals surface area (Å²) in [5.41, 5.74) is 3.10. The Morgan fingerprint density at radius 3 is 2.67 bits per heavy atom. The van der Waals surface area contributed by atoms with Crippen LogP contribution in [0.3, 0.4) is 0 Å². The molecule has 2 aromatic carbocycles. The molecule has 1 aliphatic carbocycles. The van der Waals surface area contributed by atoms with Crippen LogP contribution in [0.1, 0.15) is 34.3 Å². The summed E-state index contributed by atoms with van der Waals surface area (Å²) in [7, 11) is 0. The fourth-order valence-corrected chi connectivity index (χ4v) is 2.74. The average molecular weight is 383 g/mol. The van der Waals surface area contributed by atoms with Crippen LogP contribution < -0.4 is 16.0 Å². The smallest absolute Gasteiger partial charge is 0.251 e. The third-order valence-corrected chi connectivity index (χ3v) is 4.54. The molecule has 0 saturated heterocycles. The number of nitriles is 1. The summed E-state index contributed by atoms with van der Waals surface area (Å²) in [6.07, 6.45) is 2.06. The lowest BCUT2D eigenvalue weighted by Crippen LogP contribution is -2.26. The van der Waals surface area contributed by atoms with Gasteiger partial charge in [-0.1, -0.05) is 17.7 Å². The highest BCUT2D eigenvalue weighted by Gasteiger charge is 2.24. The first-order chi connectivity index (χ1) is 13.0. The number of carbonyl (C=O) groups excluding carboxylic acids is 2. The Bertz CT molecular complexity index is 932. The Balaban J connectivity index is 1.60. The molecule has 27 heavy (non-hydrogen) atoms. The lowest BCUT2D eigenvalue weighted by molar-refractivity contribution is -0.114. The number of aryl methyl sites for hydroxylation is 1. The van der Waals surface area contributed by atoms with Gasteiger partial charge in [0.15, 0.2) is 0 Å². The molecule has 0 aromatic heterocycles. The minimum atomic E-state index is -0.261. The van der Waals surface area contributed by atoms with E-state index in [2.05, 4.69) is 16.0 Å². The summed E-state index contributed by atoms with van der Waals surface area (Å²) in [5.74, 6) is -0.361. The Labute approximate surface area is 162 Å². The quantitative estimate of drug-likeness (QED) is 0.713. The van der Waals surface area contributed by atoms with Crippen LogP contribution in [0.4, 0.5) is 11.4 Å². The summed E-state index contributed by atoms with van der Waals surface area (Å²) in [6, 6.07) is 12.3. The highest BCUT2D eigenvalue weighted by atomic mass is 35.5. The van der Waals surface area contributed by atoms with Crippen LogP contribution in [0, 0.1) is 18.3 Å². The van der Waals surface area contributed by atoms with Gasteiger partial charge >= 0.3 is 0 Å². The lowest BCUT2D eigenvalue weighted by Gasteiger charge is -2.12. The maximum Gasteiger partial charge on any atom is 0.251 e. The number of hydrogen-bond donors (Lipinski definition) is 3. The maximum atomic E-state index is 12.2. The molecule has 0 heterocycles. The predicted octanol–water partition coefficient (Wildman–Crippen LogP) is 3.46. The van der Waals surface area contributed by atoms with E-state index in [4.69, 9.17) is 16.9 Å². The predicted molar refractivity (Wildman–Crippen MR) is 105 cm³/mol. The Hall–Kier alpha value is -3.04. The number of rotatable bonds is 6.